The van der Waals surface area contributed by atoms with Crippen molar-refractivity contribution in [2.24, 2.45) is 5.92 Å². The fourth-order valence-corrected chi connectivity index (χ4v) is 0.941. The lowest BCUT2D eigenvalue weighted by Gasteiger charge is -2.07. The van der Waals surface area contributed by atoms with E-state index < -0.39 is 0 Å². The molecule has 0 spiro atoms. The summed E-state index contributed by atoms with van der Waals surface area (Å²) in [5.41, 5.74) is 0. The lowest BCUT2D eigenvalue weighted by Crippen LogP contribution is -2.17. The van der Waals surface area contributed by atoms with E-state index in [1.807, 2.05) is 7.05 Å². The zero-order valence-corrected chi connectivity index (χ0v) is 9.69. The SMILES string of the molecule is C#CC(CCCC)CNC.CCC. The summed E-state index contributed by atoms with van der Waals surface area (Å²) in [5, 5.41) is 3.09. The van der Waals surface area contributed by atoms with E-state index in [1.54, 1.807) is 0 Å². The van der Waals surface area contributed by atoms with Gasteiger partial charge in [-0.3, -0.25) is 0 Å². The molecule has 0 heterocycles. The van der Waals surface area contributed by atoms with Gasteiger partial charge in [-0.25, -0.2) is 0 Å². The third kappa shape index (κ3) is 14.4. The van der Waals surface area contributed by atoms with Crippen molar-refractivity contribution in [3.63, 3.8) is 0 Å². The molecule has 1 nitrogen and oxygen atoms in total. The van der Waals surface area contributed by atoms with Crippen LogP contribution >= 0.6 is 0 Å². The summed E-state index contributed by atoms with van der Waals surface area (Å²) >= 11 is 0. The van der Waals surface area contributed by atoms with Gasteiger partial charge in [0.05, 0.1) is 0 Å². The molecule has 0 aromatic rings. The number of hydrogen-bond donors (Lipinski definition) is 1. The molecular formula is C12H25N. The van der Waals surface area contributed by atoms with Crippen LogP contribution in [-0.4, -0.2) is 13.6 Å². The Morgan fingerprint density at radius 1 is 1.31 bits per heavy atom. The van der Waals surface area contributed by atoms with E-state index in [0.29, 0.717) is 5.92 Å². The van der Waals surface area contributed by atoms with E-state index >= 15 is 0 Å². The van der Waals surface area contributed by atoms with Crippen LogP contribution in [0.2, 0.25) is 0 Å². The summed E-state index contributed by atoms with van der Waals surface area (Å²) in [5.74, 6) is 3.21. The predicted octanol–water partition coefficient (Wildman–Crippen LogP) is 3.06. The monoisotopic (exact) mass is 183 g/mol. The van der Waals surface area contributed by atoms with Crippen molar-refractivity contribution in [1.29, 1.82) is 0 Å². The van der Waals surface area contributed by atoms with Crippen molar-refractivity contribution in [3.05, 3.63) is 0 Å². The fourth-order valence-electron chi connectivity index (χ4n) is 0.941. The van der Waals surface area contributed by atoms with Crippen LogP contribution in [0.5, 0.6) is 0 Å². The third-order valence-corrected chi connectivity index (χ3v) is 1.59. The van der Waals surface area contributed by atoms with Gasteiger partial charge in [0.25, 0.3) is 0 Å². The summed E-state index contributed by atoms with van der Waals surface area (Å²) < 4.78 is 0. The Bertz CT molecular complexity index is 113. The minimum absolute atomic E-state index is 0.435. The van der Waals surface area contributed by atoms with Gasteiger partial charge in [0.2, 0.25) is 0 Å². The van der Waals surface area contributed by atoms with Gasteiger partial charge in [-0.2, -0.15) is 0 Å². The van der Waals surface area contributed by atoms with Gasteiger partial charge in [-0.15, -0.1) is 12.3 Å². The smallest absolute Gasteiger partial charge is 0.0324 e. The molecule has 0 rings (SSSR count). The number of nitrogens with one attached hydrogen (secondary N) is 1. The molecule has 0 fully saturated rings. The molecule has 0 radical (unpaired) electrons. The van der Waals surface area contributed by atoms with E-state index in [0.717, 1.165) is 13.0 Å². The highest BCUT2D eigenvalue weighted by atomic mass is 14.8. The van der Waals surface area contributed by atoms with Gasteiger partial charge in [0.15, 0.2) is 0 Å². The lowest BCUT2D eigenvalue weighted by atomic mass is 10.0. The Morgan fingerprint density at radius 3 is 2.15 bits per heavy atom. The maximum Gasteiger partial charge on any atom is 0.0324 e. The van der Waals surface area contributed by atoms with Gasteiger partial charge >= 0.3 is 0 Å². The molecule has 0 saturated carbocycles. The highest BCUT2D eigenvalue weighted by Gasteiger charge is 2.00. The molecule has 78 valence electrons. The van der Waals surface area contributed by atoms with Crippen LogP contribution in [0.1, 0.15) is 46.5 Å². The van der Waals surface area contributed by atoms with Crippen LogP contribution in [-0.2, 0) is 0 Å². The summed E-state index contributed by atoms with van der Waals surface area (Å²) in [4.78, 5) is 0. The van der Waals surface area contributed by atoms with Crippen LogP contribution < -0.4 is 5.32 Å². The molecule has 0 aliphatic rings. The Balaban J connectivity index is 0. The topological polar surface area (TPSA) is 12.0 Å². The largest absolute Gasteiger partial charge is 0.319 e. The molecule has 1 unspecified atom stereocenters. The van der Waals surface area contributed by atoms with E-state index in [1.165, 1.54) is 19.3 Å². The van der Waals surface area contributed by atoms with E-state index in [9.17, 15) is 0 Å². The summed E-state index contributed by atoms with van der Waals surface area (Å²) in [6.07, 6.45) is 10.2. The van der Waals surface area contributed by atoms with Crippen molar-refractivity contribution >= 4 is 0 Å². The minimum atomic E-state index is 0.435. The fraction of sp³-hybridized carbons (Fsp3) is 0.833. The highest BCUT2D eigenvalue weighted by molar-refractivity contribution is 4.93. The zero-order valence-electron chi connectivity index (χ0n) is 9.69. The summed E-state index contributed by atoms with van der Waals surface area (Å²) in [6.45, 7) is 7.39. The van der Waals surface area contributed by atoms with Crippen molar-refractivity contribution in [3.8, 4) is 12.3 Å². The van der Waals surface area contributed by atoms with Crippen molar-refractivity contribution in [2.45, 2.75) is 46.5 Å². The molecule has 0 aromatic carbocycles. The van der Waals surface area contributed by atoms with Gasteiger partial charge in [-0.05, 0) is 13.5 Å². The highest BCUT2D eigenvalue weighted by Crippen LogP contribution is 2.05. The molecule has 0 amide bonds. The molecule has 0 bridgehead atoms. The van der Waals surface area contributed by atoms with Crippen molar-refractivity contribution < 1.29 is 0 Å². The average Bonchev–Trinajstić information content (AvgIpc) is 2.13. The summed E-state index contributed by atoms with van der Waals surface area (Å²) in [7, 11) is 1.94. The van der Waals surface area contributed by atoms with Crippen molar-refractivity contribution in [1.82, 2.24) is 5.32 Å². The Morgan fingerprint density at radius 2 is 1.85 bits per heavy atom. The molecule has 1 heteroatoms. The third-order valence-electron chi connectivity index (χ3n) is 1.59. The minimum Gasteiger partial charge on any atom is -0.319 e. The first-order chi connectivity index (χ1) is 6.26. The van der Waals surface area contributed by atoms with E-state index in [4.69, 9.17) is 6.42 Å². The first kappa shape index (κ1) is 15.0. The zero-order chi connectivity index (χ0) is 10.5. The number of terminal acetylenes is 1. The second kappa shape index (κ2) is 14.1. The van der Waals surface area contributed by atoms with Gasteiger partial charge in [0, 0.05) is 12.5 Å². The van der Waals surface area contributed by atoms with Crippen LogP contribution in [0.4, 0.5) is 0 Å². The number of rotatable bonds is 5. The van der Waals surface area contributed by atoms with Crippen LogP contribution in [0, 0.1) is 18.3 Å². The quantitative estimate of drug-likeness (QED) is 0.646. The normalized spacial score (nSPS) is 11.0. The van der Waals surface area contributed by atoms with E-state index in [-0.39, 0.29) is 0 Å². The molecular weight excluding hydrogens is 158 g/mol. The second-order valence-electron chi connectivity index (χ2n) is 3.27. The molecule has 0 saturated heterocycles. The van der Waals surface area contributed by atoms with Crippen LogP contribution in [0.25, 0.3) is 0 Å². The summed E-state index contributed by atoms with van der Waals surface area (Å²) in [6, 6.07) is 0. The Hall–Kier alpha value is -0.480. The van der Waals surface area contributed by atoms with Gasteiger partial charge in [0.1, 0.15) is 0 Å². The average molecular weight is 183 g/mol. The molecule has 0 aliphatic heterocycles. The van der Waals surface area contributed by atoms with Gasteiger partial charge < -0.3 is 5.32 Å². The first-order valence-electron chi connectivity index (χ1n) is 5.37. The van der Waals surface area contributed by atoms with Crippen LogP contribution in [0.3, 0.4) is 0 Å². The lowest BCUT2D eigenvalue weighted by molar-refractivity contribution is 0.542. The maximum absolute atomic E-state index is 5.31. The number of unbranched alkanes of at least 4 members (excludes halogenated alkanes) is 1. The van der Waals surface area contributed by atoms with E-state index in [2.05, 4.69) is 32.0 Å². The van der Waals surface area contributed by atoms with Crippen molar-refractivity contribution in [2.75, 3.05) is 13.6 Å². The molecule has 1 N–H and O–H groups in total. The van der Waals surface area contributed by atoms with Crippen LogP contribution in [0.15, 0.2) is 0 Å². The molecule has 0 aromatic heterocycles. The number of hydrogen-bond acceptors (Lipinski definition) is 1. The standard InChI is InChI=1S/C9H17N.C3H8/c1-4-6-7-9(5-2)8-10-3;1-3-2/h2,9-10H,4,6-8H2,1,3H3;3H2,1-2H3. The first-order valence-corrected chi connectivity index (χ1v) is 5.37. The van der Waals surface area contributed by atoms with Gasteiger partial charge in [-0.1, -0.05) is 40.0 Å². The molecule has 1 atom stereocenters. The maximum atomic E-state index is 5.31. The Kier molecular flexibility index (Phi) is 16.2. The molecule has 13 heavy (non-hydrogen) atoms. The second-order valence-corrected chi connectivity index (χ2v) is 3.27. The molecule has 0 aliphatic carbocycles. The Labute approximate surface area is 84.3 Å². The predicted molar refractivity (Wildman–Crippen MR) is 61.7 cm³/mol.